The molecule has 0 spiro atoms. The molecule has 1 heterocycles. The summed E-state index contributed by atoms with van der Waals surface area (Å²) in [7, 11) is 0. The smallest absolute Gasteiger partial charge is 0.185 e. The van der Waals surface area contributed by atoms with Crippen molar-refractivity contribution in [2.45, 2.75) is 53.5 Å². The standard InChI is InChI=1S/C14H27N3S/c1-5-9-10-15-11-13-12(6-2)16-14(18-13)17(7-3)8-4/h15H,5-11H2,1-4H3. The minimum atomic E-state index is 0.974. The summed E-state index contributed by atoms with van der Waals surface area (Å²) < 4.78 is 0. The lowest BCUT2D eigenvalue weighted by Crippen LogP contribution is -2.21. The second-order valence-corrected chi connectivity index (χ2v) is 5.48. The molecule has 0 fully saturated rings. The van der Waals surface area contributed by atoms with Crippen LogP contribution in [0.5, 0.6) is 0 Å². The van der Waals surface area contributed by atoms with E-state index in [0.29, 0.717) is 0 Å². The molecule has 0 radical (unpaired) electrons. The van der Waals surface area contributed by atoms with Crippen LogP contribution < -0.4 is 10.2 Å². The zero-order valence-electron chi connectivity index (χ0n) is 12.3. The number of hydrogen-bond acceptors (Lipinski definition) is 4. The van der Waals surface area contributed by atoms with Gasteiger partial charge in [-0.05, 0) is 33.2 Å². The number of nitrogens with one attached hydrogen (secondary N) is 1. The number of aromatic nitrogens is 1. The summed E-state index contributed by atoms with van der Waals surface area (Å²) in [6.07, 6.45) is 3.53. The summed E-state index contributed by atoms with van der Waals surface area (Å²) in [6, 6.07) is 0. The van der Waals surface area contributed by atoms with Gasteiger partial charge in [0.15, 0.2) is 5.13 Å². The Morgan fingerprint density at radius 2 is 1.89 bits per heavy atom. The summed E-state index contributed by atoms with van der Waals surface area (Å²) in [6.45, 7) is 13.0. The molecule has 1 N–H and O–H groups in total. The lowest BCUT2D eigenvalue weighted by atomic mass is 10.3. The molecule has 1 aromatic rings. The van der Waals surface area contributed by atoms with E-state index in [-0.39, 0.29) is 0 Å². The Balaban J connectivity index is 2.65. The zero-order valence-corrected chi connectivity index (χ0v) is 13.1. The average Bonchev–Trinajstić information content (AvgIpc) is 2.79. The normalized spacial score (nSPS) is 10.9. The highest BCUT2D eigenvalue weighted by Gasteiger charge is 2.12. The van der Waals surface area contributed by atoms with Gasteiger partial charge in [0, 0.05) is 24.5 Å². The first-order valence-corrected chi connectivity index (χ1v) is 8.02. The number of hydrogen-bond donors (Lipinski definition) is 1. The zero-order chi connectivity index (χ0) is 13.4. The molecule has 1 aromatic heterocycles. The molecule has 0 atom stereocenters. The molecule has 0 aliphatic carbocycles. The van der Waals surface area contributed by atoms with Gasteiger partial charge >= 0.3 is 0 Å². The van der Waals surface area contributed by atoms with Crippen molar-refractivity contribution in [2.24, 2.45) is 0 Å². The van der Waals surface area contributed by atoms with Crippen LogP contribution in [-0.2, 0) is 13.0 Å². The topological polar surface area (TPSA) is 28.2 Å². The van der Waals surface area contributed by atoms with Crippen LogP contribution >= 0.6 is 11.3 Å². The molecule has 1 rings (SSSR count). The second-order valence-electron chi connectivity index (χ2n) is 4.42. The number of unbranched alkanes of at least 4 members (excludes halogenated alkanes) is 1. The van der Waals surface area contributed by atoms with Crippen molar-refractivity contribution in [3.8, 4) is 0 Å². The Morgan fingerprint density at radius 3 is 2.44 bits per heavy atom. The fourth-order valence-corrected chi connectivity index (χ4v) is 3.16. The Bertz CT molecular complexity index is 332. The van der Waals surface area contributed by atoms with Crippen molar-refractivity contribution in [3.63, 3.8) is 0 Å². The molecular formula is C14H27N3S. The average molecular weight is 269 g/mol. The maximum atomic E-state index is 4.77. The minimum Gasteiger partial charge on any atom is -0.349 e. The molecular weight excluding hydrogens is 242 g/mol. The van der Waals surface area contributed by atoms with Gasteiger partial charge in [0.05, 0.1) is 5.69 Å². The van der Waals surface area contributed by atoms with E-state index in [9.17, 15) is 0 Å². The van der Waals surface area contributed by atoms with Crippen LogP contribution in [0.1, 0.15) is 51.1 Å². The number of anilines is 1. The van der Waals surface area contributed by atoms with Crippen LogP contribution in [0, 0.1) is 0 Å². The van der Waals surface area contributed by atoms with Gasteiger partial charge in [-0.2, -0.15) is 0 Å². The fraction of sp³-hybridized carbons (Fsp3) is 0.786. The van der Waals surface area contributed by atoms with Gasteiger partial charge in [-0.25, -0.2) is 4.98 Å². The lowest BCUT2D eigenvalue weighted by Gasteiger charge is -2.16. The van der Waals surface area contributed by atoms with Gasteiger partial charge < -0.3 is 10.2 Å². The molecule has 3 nitrogen and oxygen atoms in total. The van der Waals surface area contributed by atoms with Gasteiger partial charge in [-0.1, -0.05) is 20.3 Å². The highest BCUT2D eigenvalue weighted by Crippen LogP contribution is 2.26. The quantitative estimate of drug-likeness (QED) is 0.696. The SMILES string of the molecule is CCCCNCc1sc(N(CC)CC)nc1CC. The number of rotatable bonds is 9. The van der Waals surface area contributed by atoms with E-state index >= 15 is 0 Å². The first-order valence-electron chi connectivity index (χ1n) is 7.20. The molecule has 0 amide bonds. The van der Waals surface area contributed by atoms with E-state index in [1.807, 2.05) is 11.3 Å². The minimum absolute atomic E-state index is 0.974. The highest BCUT2D eigenvalue weighted by molar-refractivity contribution is 7.15. The van der Waals surface area contributed by atoms with Crippen LogP contribution in [0.2, 0.25) is 0 Å². The Kier molecular flexibility index (Phi) is 7.28. The van der Waals surface area contributed by atoms with E-state index < -0.39 is 0 Å². The van der Waals surface area contributed by atoms with Gasteiger partial charge in [0.1, 0.15) is 0 Å². The van der Waals surface area contributed by atoms with Crippen molar-refractivity contribution < 1.29 is 0 Å². The summed E-state index contributed by atoms with van der Waals surface area (Å²) in [5.41, 5.74) is 1.27. The Morgan fingerprint density at radius 1 is 1.17 bits per heavy atom. The van der Waals surface area contributed by atoms with Crippen LogP contribution in [0.4, 0.5) is 5.13 Å². The molecule has 104 valence electrons. The number of nitrogens with zero attached hydrogens (tertiary/aromatic N) is 2. The van der Waals surface area contributed by atoms with E-state index in [2.05, 4.69) is 37.9 Å². The predicted molar refractivity (Wildman–Crippen MR) is 81.7 cm³/mol. The van der Waals surface area contributed by atoms with E-state index in [0.717, 1.165) is 32.6 Å². The summed E-state index contributed by atoms with van der Waals surface area (Å²) in [5.74, 6) is 0. The number of aryl methyl sites for hydroxylation is 1. The Labute approximate surface area is 116 Å². The van der Waals surface area contributed by atoms with E-state index in [1.54, 1.807) is 0 Å². The largest absolute Gasteiger partial charge is 0.349 e. The van der Waals surface area contributed by atoms with E-state index in [4.69, 9.17) is 4.98 Å². The maximum Gasteiger partial charge on any atom is 0.185 e. The first-order chi connectivity index (χ1) is 8.76. The van der Waals surface area contributed by atoms with Crippen molar-refractivity contribution in [1.82, 2.24) is 10.3 Å². The summed E-state index contributed by atoms with van der Waals surface area (Å²) >= 11 is 1.85. The molecule has 0 aromatic carbocycles. The van der Waals surface area contributed by atoms with Gasteiger partial charge in [0.25, 0.3) is 0 Å². The van der Waals surface area contributed by atoms with Crippen LogP contribution in [0.15, 0.2) is 0 Å². The summed E-state index contributed by atoms with van der Waals surface area (Å²) in [5, 5.41) is 4.70. The van der Waals surface area contributed by atoms with Crippen LogP contribution in [-0.4, -0.2) is 24.6 Å². The molecule has 0 saturated carbocycles. The molecule has 4 heteroatoms. The molecule has 0 aliphatic rings. The molecule has 0 bridgehead atoms. The molecule has 0 saturated heterocycles. The van der Waals surface area contributed by atoms with Crippen molar-refractivity contribution in [2.75, 3.05) is 24.5 Å². The maximum absolute atomic E-state index is 4.77. The van der Waals surface area contributed by atoms with Crippen LogP contribution in [0.25, 0.3) is 0 Å². The van der Waals surface area contributed by atoms with Gasteiger partial charge in [0.2, 0.25) is 0 Å². The Hall–Kier alpha value is -0.610. The van der Waals surface area contributed by atoms with Crippen molar-refractivity contribution in [1.29, 1.82) is 0 Å². The van der Waals surface area contributed by atoms with Gasteiger partial charge in [-0.15, -0.1) is 11.3 Å². The fourth-order valence-electron chi connectivity index (χ4n) is 1.92. The van der Waals surface area contributed by atoms with Crippen molar-refractivity contribution in [3.05, 3.63) is 10.6 Å². The molecule has 18 heavy (non-hydrogen) atoms. The third-order valence-electron chi connectivity index (χ3n) is 3.13. The number of thiazole rings is 1. The lowest BCUT2D eigenvalue weighted by molar-refractivity contribution is 0.642. The van der Waals surface area contributed by atoms with Crippen LogP contribution in [0.3, 0.4) is 0 Å². The monoisotopic (exact) mass is 269 g/mol. The molecule has 0 unspecified atom stereocenters. The molecule has 0 aliphatic heterocycles. The highest BCUT2D eigenvalue weighted by atomic mass is 32.1. The second kappa shape index (κ2) is 8.48. The first kappa shape index (κ1) is 15.4. The van der Waals surface area contributed by atoms with Gasteiger partial charge in [-0.3, -0.25) is 0 Å². The third kappa shape index (κ3) is 4.25. The van der Waals surface area contributed by atoms with E-state index in [1.165, 1.54) is 28.5 Å². The predicted octanol–water partition coefficient (Wildman–Crippen LogP) is 3.44. The third-order valence-corrected chi connectivity index (χ3v) is 4.29. The summed E-state index contributed by atoms with van der Waals surface area (Å²) in [4.78, 5) is 8.52. The van der Waals surface area contributed by atoms with Crippen molar-refractivity contribution >= 4 is 16.5 Å².